The SMILES string of the molecule is C=C[C@@](C)(NC(=O)COCC(=O)NCCCC1CCCC1)C(C)C. The van der Waals surface area contributed by atoms with E-state index in [9.17, 15) is 9.59 Å². The highest BCUT2D eigenvalue weighted by molar-refractivity contribution is 5.80. The van der Waals surface area contributed by atoms with E-state index in [1.54, 1.807) is 6.08 Å². The van der Waals surface area contributed by atoms with Gasteiger partial charge >= 0.3 is 0 Å². The molecule has 5 nitrogen and oxygen atoms in total. The summed E-state index contributed by atoms with van der Waals surface area (Å²) in [4.78, 5) is 23.6. The van der Waals surface area contributed by atoms with Crippen molar-refractivity contribution in [3.8, 4) is 0 Å². The Morgan fingerprint density at radius 3 is 2.46 bits per heavy atom. The van der Waals surface area contributed by atoms with Crippen molar-refractivity contribution >= 4 is 11.8 Å². The monoisotopic (exact) mass is 338 g/mol. The number of carbonyl (C=O) groups excluding carboxylic acids is 2. The van der Waals surface area contributed by atoms with Crippen LogP contribution in [-0.2, 0) is 14.3 Å². The maximum Gasteiger partial charge on any atom is 0.246 e. The Balaban J connectivity index is 2.09. The summed E-state index contributed by atoms with van der Waals surface area (Å²) in [5.74, 6) is 0.675. The second kappa shape index (κ2) is 10.5. The Bertz CT molecular complexity index is 417. The first-order chi connectivity index (χ1) is 11.4. The molecule has 0 heterocycles. The molecule has 0 spiro atoms. The average Bonchev–Trinajstić information content (AvgIpc) is 3.04. The van der Waals surface area contributed by atoms with Gasteiger partial charge < -0.3 is 15.4 Å². The van der Waals surface area contributed by atoms with Gasteiger partial charge in [0.05, 0.1) is 5.54 Å². The van der Waals surface area contributed by atoms with Gasteiger partial charge in [-0.3, -0.25) is 9.59 Å². The molecule has 1 fully saturated rings. The third kappa shape index (κ3) is 7.47. The molecule has 0 saturated heterocycles. The van der Waals surface area contributed by atoms with E-state index in [0.29, 0.717) is 6.54 Å². The highest BCUT2D eigenvalue weighted by atomic mass is 16.5. The van der Waals surface area contributed by atoms with Crippen LogP contribution in [0.15, 0.2) is 12.7 Å². The molecule has 0 unspecified atom stereocenters. The zero-order valence-corrected chi connectivity index (χ0v) is 15.5. The first kappa shape index (κ1) is 20.7. The van der Waals surface area contributed by atoms with Gasteiger partial charge in [0.15, 0.2) is 0 Å². The molecule has 138 valence electrons. The van der Waals surface area contributed by atoms with Gasteiger partial charge in [-0.15, -0.1) is 6.58 Å². The third-order valence-corrected chi connectivity index (χ3v) is 5.08. The minimum absolute atomic E-state index is 0.0800. The highest BCUT2D eigenvalue weighted by Crippen LogP contribution is 2.28. The molecule has 24 heavy (non-hydrogen) atoms. The Kier molecular flexibility index (Phi) is 9.04. The van der Waals surface area contributed by atoms with Crippen LogP contribution >= 0.6 is 0 Å². The van der Waals surface area contributed by atoms with E-state index in [1.807, 2.05) is 20.8 Å². The van der Waals surface area contributed by atoms with Crippen molar-refractivity contribution in [1.82, 2.24) is 10.6 Å². The number of amides is 2. The highest BCUT2D eigenvalue weighted by Gasteiger charge is 2.26. The van der Waals surface area contributed by atoms with Crippen LogP contribution in [0.5, 0.6) is 0 Å². The summed E-state index contributed by atoms with van der Waals surface area (Å²) in [7, 11) is 0. The summed E-state index contributed by atoms with van der Waals surface area (Å²) in [6.07, 6.45) is 9.33. The predicted octanol–water partition coefficient (Wildman–Crippen LogP) is 2.81. The van der Waals surface area contributed by atoms with Crippen molar-refractivity contribution in [1.29, 1.82) is 0 Å². The van der Waals surface area contributed by atoms with Crippen molar-refractivity contribution in [3.05, 3.63) is 12.7 Å². The van der Waals surface area contributed by atoms with E-state index in [0.717, 1.165) is 12.3 Å². The number of hydrogen-bond donors (Lipinski definition) is 2. The summed E-state index contributed by atoms with van der Waals surface area (Å²) >= 11 is 0. The molecule has 1 rings (SSSR count). The summed E-state index contributed by atoms with van der Waals surface area (Å²) in [6, 6.07) is 0. The molecule has 0 aromatic heterocycles. The lowest BCUT2D eigenvalue weighted by atomic mass is 9.88. The van der Waals surface area contributed by atoms with Crippen LogP contribution < -0.4 is 10.6 Å². The van der Waals surface area contributed by atoms with Gasteiger partial charge in [-0.25, -0.2) is 0 Å². The summed E-state index contributed by atoms with van der Waals surface area (Å²) in [5.41, 5.74) is -0.469. The van der Waals surface area contributed by atoms with E-state index >= 15 is 0 Å². The first-order valence-corrected chi connectivity index (χ1v) is 9.16. The fourth-order valence-electron chi connectivity index (χ4n) is 2.97. The van der Waals surface area contributed by atoms with Crippen molar-refractivity contribution in [2.24, 2.45) is 11.8 Å². The van der Waals surface area contributed by atoms with Crippen LogP contribution in [-0.4, -0.2) is 37.1 Å². The summed E-state index contributed by atoms with van der Waals surface area (Å²) < 4.78 is 5.20. The van der Waals surface area contributed by atoms with Crippen LogP contribution in [0.2, 0.25) is 0 Å². The molecule has 0 radical (unpaired) electrons. The lowest BCUT2D eigenvalue weighted by Crippen LogP contribution is -2.49. The maximum atomic E-state index is 11.9. The van der Waals surface area contributed by atoms with Gasteiger partial charge in [0.2, 0.25) is 11.8 Å². The van der Waals surface area contributed by atoms with E-state index in [2.05, 4.69) is 17.2 Å². The van der Waals surface area contributed by atoms with Crippen molar-refractivity contribution in [2.75, 3.05) is 19.8 Å². The van der Waals surface area contributed by atoms with E-state index in [-0.39, 0.29) is 30.9 Å². The third-order valence-electron chi connectivity index (χ3n) is 5.08. The van der Waals surface area contributed by atoms with Crippen molar-refractivity contribution < 1.29 is 14.3 Å². The molecule has 2 amide bonds. The Labute approximate surface area is 146 Å². The Hall–Kier alpha value is -1.36. The zero-order chi connectivity index (χ0) is 18.0. The molecule has 0 bridgehead atoms. The standard InChI is InChI=1S/C19H34N2O3/c1-5-19(4,15(2)3)21-18(23)14-24-13-17(22)20-12-8-11-16-9-6-7-10-16/h5,15-16H,1,6-14H2,2-4H3,(H,20,22)(H,21,23)/t19-/m1/s1. The topological polar surface area (TPSA) is 67.4 Å². The minimum Gasteiger partial charge on any atom is -0.362 e. The average molecular weight is 338 g/mol. The predicted molar refractivity (Wildman–Crippen MR) is 96.6 cm³/mol. The number of hydrogen-bond acceptors (Lipinski definition) is 3. The van der Waals surface area contributed by atoms with Gasteiger partial charge in [0, 0.05) is 6.54 Å². The lowest BCUT2D eigenvalue weighted by molar-refractivity contribution is -0.131. The zero-order valence-electron chi connectivity index (χ0n) is 15.5. The molecular formula is C19H34N2O3. The molecule has 1 saturated carbocycles. The molecule has 1 aliphatic carbocycles. The van der Waals surface area contributed by atoms with Gasteiger partial charge in [-0.2, -0.15) is 0 Å². The molecule has 2 N–H and O–H groups in total. The first-order valence-electron chi connectivity index (χ1n) is 9.16. The van der Waals surface area contributed by atoms with Crippen molar-refractivity contribution in [2.45, 2.75) is 64.8 Å². The van der Waals surface area contributed by atoms with Gasteiger partial charge in [-0.05, 0) is 31.6 Å². The number of ether oxygens (including phenoxy) is 1. The second-order valence-corrected chi connectivity index (χ2v) is 7.33. The van der Waals surface area contributed by atoms with E-state index in [4.69, 9.17) is 4.74 Å². The van der Waals surface area contributed by atoms with Gasteiger partial charge in [0.25, 0.3) is 0 Å². The quantitative estimate of drug-likeness (QED) is 0.450. The lowest BCUT2D eigenvalue weighted by Gasteiger charge is -2.31. The van der Waals surface area contributed by atoms with Crippen LogP contribution in [0, 0.1) is 11.8 Å². The molecule has 5 heteroatoms. The fraction of sp³-hybridized carbons (Fsp3) is 0.789. The van der Waals surface area contributed by atoms with E-state index in [1.165, 1.54) is 32.1 Å². The smallest absolute Gasteiger partial charge is 0.246 e. The van der Waals surface area contributed by atoms with Crippen LogP contribution in [0.25, 0.3) is 0 Å². The molecule has 1 atom stereocenters. The van der Waals surface area contributed by atoms with Crippen LogP contribution in [0.4, 0.5) is 0 Å². The second-order valence-electron chi connectivity index (χ2n) is 7.33. The fourth-order valence-corrected chi connectivity index (χ4v) is 2.97. The molecule has 0 aliphatic heterocycles. The molecular weight excluding hydrogens is 304 g/mol. The van der Waals surface area contributed by atoms with Gasteiger partial charge in [-0.1, -0.05) is 45.6 Å². The van der Waals surface area contributed by atoms with Crippen LogP contribution in [0.1, 0.15) is 59.3 Å². The van der Waals surface area contributed by atoms with E-state index < -0.39 is 5.54 Å². The number of rotatable bonds is 11. The van der Waals surface area contributed by atoms with Crippen molar-refractivity contribution in [3.63, 3.8) is 0 Å². The summed E-state index contributed by atoms with van der Waals surface area (Å²) in [5, 5.41) is 5.73. The maximum absolute atomic E-state index is 11.9. The normalized spacial score (nSPS) is 17.5. The van der Waals surface area contributed by atoms with Gasteiger partial charge in [0.1, 0.15) is 13.2 Å². The Morgan fingerprint density at radius 2 is 1.88 bits per heavy atom. The van der Waals surface area contributed by atoms with Crippen LogP contribution in [0.3, 0.4) is 0 Å². The molecule has 1 aliphatic rings. The molecule has 0 aromatic carbocycles. The number of nitrogens with one attached hydrogen (secondary N) is 2. The largest absolute Gasteiger partial charge is 0.362 e. The summed E-state index contributed by atoms with van der Waals surface area (Å²) in [6.45, 7) is 10.2. The number of carbonyl (C=O) groups is 2. The minimum atomic E-state index is -0.469. The Morgan fingerprint density at radius 1 is 1.25 bits per heavy atom. The molecule has 0 aromatic rings.